The maximum absolute atomic E-state index is 11.8. The Balaban J connectivity index is 2.51. The second-order valence-electron chi connectivity index (χ2n) is 4.33. The first-order chi connectivity index (χ1) is 10.4. The molecular weight excluding hydrogens is 288 g/mol. The van der Waals surface area contributed by atoms with Crippen LogP contribution in [-0.2, 0) is 19.1 Å². The molecule has 117 valence electrons. The number of amides is 2. The molecule has 2 amide bonds. The zero-order valence-electron chi connectivity index (χ0n) is 12.4. The fraction of sp³-hybridized carbons (Fsp3) is 0.333. The monoisotopic (exact) mass is 305 g/mol. The Kier molecular flexibility index (Phi) is 6.75. The number of hydrogen-bond acceptors (Lipinski definition) is 5. The Morgan fingerprint density at radius 1 is 1.23 bits per heavy atom. The molecule has 7 heteroatoms. The van der Waals surface area contributed by atoms with Crippen LogP contribution in [0.2, 0.25) is 0 Å². The number of esters is 1. The van der Waals surface area contributed by atoms with Crippen LogP contribution < -0.4 is 10.6 Å². The Morgan fingerprint density at radius 3 is 2.59 bits per heavy atom. The highest BCUT2D eigenvalue weighted by molar-refractivity contribution is 6.08. The molecule has 0 bridgehead atoms. The zero-order valence-corrected chi connectivity index (χ0v) is 12.4. The zero-order chi connectivity index (χ0) is 16.5. The normalized spacial score (nSPS) is 9.73. The van der Waals surface area contributed by atoms with Gasteiger partial charge in [-0.05, 0) is 32.0 Å². The lowest BCUT2D eigenvalue weighted by Crippen LogP contribution is -2.33. The van der Waals surface area contributed by atoms with Gasteiger partial charge in [0.05, 0.1) is 12.3 Å². The molecule has 0 heterocycles. The minimum Gasteiger partial charge on any atom is -0.465 e. The minimum atomic E-state index is -0.616. The number of anilines is 1. The molecule has 0 saturated carbocycles. The number of benzene rings is 1. The van der Waals surface area contributed by atoms with Gasteiger partial charge in [0, 0.05) is 5.56 Å². The first-order valence-corrected chi connectivity index (χ1v) is 6.67. The van der Waals surface area contributed by atoms with Gasteiger partial charge in [0.15, 0.2) is 5.78 Å². The first kappa shape index (κ1) is 17.4. The molecule has 7 nitrogen and oxygen atoms in total. The summed E-state index contributed by atoms with van der Waals surface area (Å²) in [6.07, 6.45) is -0.467. The van der Waals surface area contributed by atoms with Crippen LogP contribution in [-0.4, -0.2) is 36.7 Å². The predicted octanol–water partition coefficient (Wildman–Crippen LogP) is 0.697. The Morgan fingerprint density at radius 2 is 1.95 bits per heavy atom. The van der Waals surface area contributed by atoms with E-state index in [-0.39, 0.29) is 24.6 Å². The maximum atomic E-state index is 11.8. The molecule has 0 aliphatic rings. The number of carbonyl (C=O) groups excluding carboxylic acids is 4. The largest absolute Gasteiger partial charge is 0.465 e. The number of rotatable bonds is 7. The van der Waals surface area contributed by atoms with Crippen molar-refractivity contribution < 1.29 is 23.9 Å². The van der Waals surface area contributed by atoms with Crippen LogP contribution in [0.15, 0.2) is 18.2 Å². The fourth-order valence-corrected chi connectivity index (χ4v) is 1.63. The van der Waals surface area contributed by atoms with E-state index in [1.54, 1.807) is 13.0 Å². The summed E-state index contributed by atoms with van der Waals surface area (Å²) in [5, 5.41) is 4.74. The van der Waals surface area contributed by atoms with Crippen LogP contribution >= 0.6 is 0 Å². The van der Waals surface area contributed by atoms with Crippen LogP contribution in [0.1, 0.15) is 30.6 Å². The molecule has 0 atom stereocenters. The number of ether oxygens (including phenoxy) is 1. The van der Waals surface area contributed by atoms with Crippen molar-refractivity contribution in [2.75, 3.05) is 18.5 Å². The number of carbonyl (C=O) groups is 4. The highest BCUT2D eigenvalue weighted by Gasteiger charge is 2.14. The Hall–Kier alpha value is -2.70. The molecule has 0 aliphatic heterocycles. The van der Waals surface area contributed by atoms with Crippen LogP contribution in [0.4, 0.5) is 5.69 Å². The molecule has 1 radical (unpaired) electrons. The van der Waals surface area contributed by atoms with Gasteiger partial charge in [-0.25, -0.2) is 0 Å². The number of nitrogens with one attached hydrogen (secondary N) is 2. The topological polar surface area (TPSA) is 102 Å². The molecule has 1 aromatic carbocycles. The van der Waals surface area contributed by atoms with Crippen molar-refractivity contribution in [3.8, 4) is 0 Å². The third-order valence-corrected chi connectivity index (χ3v) is 2.57. The van der Waals surface area contributed by atoms with E-state index in [4.69, 9.17) is 0 Å². The van der Waals surface area contributed by atoms with E-state index in [2.05, 4.69) is 21.4 Å². The van der Waals surface area contributed by atoms with Crippen molar-refractivity contribution >= 4 is 29.3 Å². The van der Waals surface area contributed by atoms with Crippen molar-refractivity contribution in [2.45, 2.75) is 20.3 Å². The molecule has 1 rings (SSSR count). The SMILES string of the molecule is CCOC(=O)CNC(=O)CC(=O)Nc1c[c]ccc1C(C)=O. The molecule has 0 saturated heterocycles. The molecule has 0 unspecified atom stereocenters. The van der Waals surface area contributed by atoms with Crippen molar-refractivity contribution in [2.24, 2.45) is 0 Å². The number of Topliss-reactive ketones (excluding diaryl/α,β-unsaturated/α-hetero) is 1. The van der Waals surface area contributed by atoms with Gasteiger partial charge in [0.1, 0.15) is 13.0 Å². The lowest BCUT2D eigenvalue weighted by atomic mass is 10.1. The van der Waals surface area contributed by atoms with Gasteiger partial charge in [-0.3, -0.25) is 19.2 Å². The molecule has 1 aromatic rings. The quantitative estimate of drug-likeness (QED) is 0.438. The third-order valence-electron chi connectivity index (χ3n) is 2.57. The van der Waals surface area contributed by atoms with E-state index in [0.717, 1.165) is 0 Å². The smallest absolute Gasteiger partial charge is 0.325 e. The third kappa shape index (κ3) is 5.74. The van der Waals surface area contributed by atoms with E-state index in [0.29, 0.717) is 5.56 Å². The van der Waals surface area contributed by atoms with Gasteiger partial charge in [0.2, 0.25) is 11.8 Å². The average Bonchev–Trinajstić information content (AvgIpc) is 2.45. The van der Waals surface area contributed by atoms with E-state index in [1.807, 2.05) is 0 Å². The van der Waals surface area contributed by atoms with Crippen molar-refractivity contribution in [1.29, 1.82) is 0 Å². The second-order valence-corrected chi connectivity index (χ2v) is 4.33. The van der Waals surface area contributed by atoms with Crippen molar-refractivity contribution in [3.63, 3.8) is 0 Å². The van der Waals surface area contributed by atoms with E-state index in [1.165, 1.54) is 19.1 Å². The van der Waals surface area contributed by atoms with Gasteiger partial charge in [-0.1, -0.05) is 6.07 Å². The summed E-state index contributed by atoms with van der Waals surface area (Å²) in [7, 11) is 0. The summed E-state index contributed by atoms with van der Waals surface area (Å²) in [6, 6.07) is 7.27. The summed E-state index contributed by atoms with van der Waals surface area (Å²) in [5.74, 6) is -2.00. The highest BCUT2D eigenvalue weighted by atomic mass is 16.5. The molecular formula is C15H17N2O5. The average molecular weight is 305 g/mol. The van der Waals surface area contributed by atoms with Crippen molar-refractivity contribution in [1.82, 2.24) is 5.32 Å². The summed E-state index contributed by atoms with van der Waals surface area (Å²) in [5.41, 5.74) is 0.622. The predicted molar refractivity (Wildman–Crippen MR) is 78.2 cm³/mol. The Bertz CT molecular complexity index is 583. The second kappa shape index (κ2) is 8.56. The minimum absolute atomic E-state index is 0.212. The fourth-order valence-electron chi connectivity index (χ4n) is 1.63. The number of hydrogen-bond donors (Lipinski definition) is 2. The maximum Gasteiger partial charge on any atom is 0.325 e. The summed E-state index contributed by atoms with van der Waals surface area (Å²) < 4.78 is 4.64. The van der Waals surface area contributed by atoms with E-state index in [9.17, 15) is 19.2 Å². The molecule has 0 aliphatic carbocycles. The lowest BCUT2D eigenvalue weighted by Gasteiger charge is -2.09. The van der Waals surface area contributed by atoms with E-state index >= 15 is 0 Å². The van der Waals surface area contributed by atoms with Crippen LogP contribution in [0.3, 0.4) is 0 Å². The Labute approximate surface area is 128 Å². The molecule has 0 spiro atoms. The lowest BCUT2D eigenvalue weighted by molar-refractivity contribution is -0.143. The van der Waals surface area contributed by atoms with Gasteiger partial charge >= 0.3 is 5.97 Å². The van der Waals surface area contributed by atoms with E-state index < -0.39 is 24.2 Å². The van der Waals surface area contributed by atoms with Crippen LogP contribution in [0.25, 0.3) is 0 Å². The summed E-state index contributed by atoms with van der Waals surface area (Å²) in [4.78, 5) is 45.7. The first-order valence-electron chi connectivity index (χ1n) is 6.67. The summed E-state index contributed by atoms with van der Waals surface area (Å²) in [6.45, 7) is 2.94. The highest BCUT2D eigenvalue weighted by Crippen LogP contribution is 2.15. The standard InChI is InChI=1S/C15H17N2O5/c1-3-22-15(21)9-16-13(19)8-14(20)17-12-7-5-4-6-11(12)10(2)18/h4,6-7H,3,8-9H2,1-2H3,(H,16,19)(H,17,20). The number of ketones is 1. The van der Waals surface area contributed by atoms with Gasteiger partial charge in [-0.2, -0.15) is 0 Å². The van der Waals surface area contributed by atoms with Crippen LogP contribution in [0, 0.1) is 6.07 Å². The molecule has 22 heavy (non-hydrogen) atoms. The molecule has 0 fully saturated rings. The van der Waals surface area contributed by atoms with Crippen LogP contribution in [0.5, 0.6) is 0 Å². The van der Waals surface area contributed by atoms with Gasteiger partial charge < -0.3 is 15.4 Å². The molecule has 0 aromatic heterocycles. The summed E-state index contributed by atoms with van der Waals surface area (Å²) >= 11 is 0. The van der Waals surface area contributed by atoms with Crippen molar-refractivity contribution in [3.05, 3.63) is 29.8 Å². The van der Waals surface area contributed by atoms with Gasteiger partial charge in [-0.15, -0.1) is 0 Å². The van der Waals surface area contributed by atoms with Gasteiger partial charge in [0.25, 0.3) is 0 Å². The molecule has 2 N–H and O–H groups in total.